The number of benzene rings is 1. The number of alkyl carbamates (subject to hydrolysis) is 1. The molecule has 1 aromatic carbocycles. The maximum atomic E-state index is 11.6. The van der Waals surface area contributed by atoms with Crippen LogP contribution < -0.4 is 5.32 Å². The minimum absolute atomic E-state index is 0.360. The first kappa shape index (κ1) is 17.6. The monoisotopic (exact) mass is 340 g/mol. The lowest BCUT2D eigenvalue weighted by Crippen LogP contribution is -2.32. The molecule has 25 heavy (non-hydrogen) atoms. The Kier molecular flexibility index (Phi) is 5.16. The maximum Gasteiger partial charge on any atom is 0.407 e. The second-order valence-electron chi connectivity index (χ2n) is 7.71. The van der Waals surface area contributed by atoms with Gasteiger partial charge in [-0.2, -0.15) is 0 Å². The van der Waals surface area contributed by atoms with Crippen LogP contribution >= 0.6 is 0 Å². The van der Waals surface area contributed by atoms with Crippen molar-refractivity contribution in [1.82, 2.24) is 10.3 Å². The van der Waals surface area contributed by atoms with Gasteiger partial charge in [0.25, 0.3) is 0 Å². The van der Waals surface area contributed by atoms with Crippen molar-refractivity contribution >= 4 is 23.1 Å². The Morgan fingerprint density at radius 3 is 2.88 bits per heavy atom. The third-order valence-corrected chi connectivity index (χ3v) is 4.41. The van der Waals surface area contributed by atoms with E-state index < -0.39 is 5.60 Å². The lowest BCUT2D eigenvalue weighted by atomic mass is 9.95. The van der Waals surface area contributed by atoms with E-state index in [1.54, 1.807) is 0 Å². The van der Waals surface area contributed by atoms with Gasteiger partial charge >= 0.3 is 6.09 Å². The average Bonchev–Trinajstić information content (AvgIpc) is 2.91. The third kappa shape index (κ3) is 4.65. The number of carbonyl (C=O) groups is 1. The summed E-state index contributed by atoms with van der Waals surface area (Å²) in [5.74, 6) is 0. The van der Waals surface area contributed by atoms with E-state index in [9.17, 15) is 4.79 Å². The highest BCUT2D eigenvalue weighted by atomic mass is 16.6. The zero-order valence-electron chi connectivity index (χ0n) is 15.4. The first-order chi connectivity index (χ1) is 11.9. The molecule has 1 amide bonds. The predicted molar refractivity (Wildman–Crippen MR) is 103 cm³/mol. The molecule has 3 rings (SSSR count). The molecule has 1 aromatic heterocycles. The molecule has 0 fully saturated rings. The van der Waals surface area contributed by atoms with Crippen LogP contribution in [0.5, 0.6) is 0 Å². The second kappa shape index (κ2) is 7.34. The summed E-state index contributed by atoms with van der Waals surface area (Å²) >= 11 is 0. The Morgan fingerprint density at radius 2 is 2.08 bits per heavy atom. The highest BCUT2D eigenvalue weighted by Crippen LogP contribution is 2.29. The zero-order valence-corrected chi connectivity index (χ0v) is 15.4. The summed E-state index contributed by atoms with van der Waals surface area (Å²) in [5, 5.41) is 4.14. The number of aryl methyl sites for hydroxylation is 2. The van der Waals surface area contributed by atoms with Crippen LogP contribution in [-0.4, -0.2) is 23.2 Å². The summed E-state index contributed by atoms with van der Waals surface area (Å²) in [5.41, 5.74) is 4.92. The molecule has 1 aliphatic rings. The van der Waals surface area contributed by atoms with E-state index in [1.165, 1.54) is 53.4 Å². The quantitative estimate of drug-likeness (QED) is 0.772. The van der Waals surface area contributed by atoms with E-state index in [-0.39, 0.29) is 6.09 Å². The molecule has 0 spiro atoms. The molecular formula is C21H28N2O2. The van der Waals surface area contributed by atoms with Crippen LogP contribution in [-0.2, 0) is 17.6 Å². The molecule has 1 aliphatic carbocycles. The van der Waals surface area contributed by atoms with Gasteiger partial charge in [-0.05, 0) is 76.1 Å². The maximum absolute atomic E-state index is 11.6. The standard InChI is InChI=1S/C21H28N2O2/c1-21(2,3)25-20(24)22-13-7-6-8-15-11-12-19-17(14-15)16-9-4-5-10-18(16)23-19/h6,8,11-12,14,23H,4-5,7,9-10,13H2,1-3H3,(H,22,24). The van der Waals surface area contributed by atoms with E-state index in [0.717, 1.165) is 6.42 Å². The first-order valence-electron chi connectivity index (χ1n) is 9.19. The van der Waals surface area contributed by atoms with Crippen LogP contribution in [0.15, 0.2) is 24.3 Å². The number of nitrogens with one attached hydrogen (secondary N) is 2. The van der Waals surface area contributed by atoms with E-state index in [0.29, 0.717) is 6.54 Å². The molecule has 0 unspecified atom stereocenters. The molecule has 1 heterocycles. The number of hydrogen-bond acceptors (Lipinski definition) is 2. The van der Waals surface area contributed by atoms with E-state index in [1.807, 2.05) is 20.8 Å². The third-order valence-electron chi connectivity index (χ3n) is 4.41. The molecule has 2 N–H and O–H groups in total. The van der Waals surface area contributed by atoms with Gasteiger partial charge in [0.1, 0.15) is 5.60 Å². The van der Waals surface area contributed by atoms with Gasteiger partial charge in [-0.25, -0.2) is 4.79 Å². The van der Waals surface area contributed by atoms with Gasteiger partial charge in [-0.3, -0.25) is 0 Å². The highest BCUT2D eigenvalue weighted by molar-refractivity contribution is 5.87. The van der Waals surface area contributed by atoms with Crippen molar-refractivity contribution in [3.8, 4) is 0 Å². The minimum atomic E-state index is -0.453. The molecule has 0 atom stereocenters. The van der Waals surface area contributed by atoms with Crippen molar-refractivity contribution in [1.29, 1.82) is 0 Å². The fourth-order valence-corrected chi connectivity index (χ4v) is 3.32. The molecule has 0 aliphatic heterocycles. The van der Waals surface area contributed by atoms with E-state index in [2.05, 4.69) is 40.7 Å². The van der Waals surface area contributed by atoms with Crippen LogP contribution in [0.2, 0.25) is 0 Å². The van der Waals surface area contributed by atoms with Gasteiger partial charge < -0.3 is 15.0 Å². The number of rotatable bonds is 4. The van der Waals surface area contributed by atoms with Crippen molar-refractivity contribution in [2.75, 3.05) is 6.54 Å². The number of aromatic amines is 1. The number of H-pyrrole nitrogens is 1. The number of aromatic nitrogens is 1. The average molecular weight is 340 g/mol. The van der Waals surface area contributed by atoms with Gasteiger partial charge in [0.15, 0.2) is 0 Å². The van der Waals surface area contributed by atoms with E-state index in [4.69, 9.17) is 4.74 Å². The van der Waals surface area contributed by atoms with Gasteiger partial charge in [0.2, 0.25) is 0 Å². The van der Waals surface area contributed by atoms with Gasteiger partial charge in [-0.15, -0.1) is 0 Å². The molecule has 4 nitrogen and oxygen atoms in total. The van der Waals surface area contributed by atoms with E-state index >= 15 is 0 Å². The Balaban J connectivity index is 1.56. The SMILES string of the molecule is CC(C)(C)OC(=O)NCCC=Cc1ccc2[nH]c3c(c2c1)CCCC3. The largest absolute Gasteiger partial charge is 0.444 e. The fraction of sp³-hybridized carbons (Fsp3) is 0.476. The fourth-order valence-electron chi connectivity index (χ4n) is 3.32. The summed E-state index contributed by atoms with van der Waals surface area (Å²) in [6.45, 7) is 6.17. The van der Waals surface area contributed by atoms with Crippen molar-refractivity contribution in [2.24, 2.45) is 0 Å². The minimum Gasteiger partial charge on any atom is -0.444 e. The Labute approximate surface area is 149 Å². The van der Waals surface area contributed by atoms with Gasteiger partial charge in [0.05, 0.1) is 0 Å². The van der Waals surface area contributed by atoms with Crippen LogP contribution in [0, 0.1) is 0 Å². The summed E-state index contributed by atoms with van der Waals surface area (Å²) in [7, 11) is 0. The number of carbonyl (C=O) groups excluding carboxylic acids is 1. The normalized spacial score (nSPS) is 14.7. The Morgan fingerprint density at radius 1 is 1.28 bits per heavy atom. The summed E-state index contributed by atoms with van der Waals surface area (Å²) in [4.78, 5) is 15.1. The summed E-state index contributed by atoms with van der Waals surface area (Å²) in [6.07, 6.45) is 9.57. The molecule has 0 radical (unpaired) electrons. The molecule has 0 saturated heterocycles. The second-order valence-corrected chi connectivity index (χ2v) is 7.71. The molecule has 134 valence electrons. The van der Waals surface area contributed by atoms with Gasteiger partial charge in [0, 0.05) is 23.1 Å². The topological polar surface area (TPSA) is 54.1 Å². The summed E-state index contributed by atoms with van der Waals surface area (Å²) in [6, 6.07) is 6.59. The van der Waals surface area contributed by atoms with Gasteiger partial charge in [-0.1, -0.05) is 18.2 Å². The van der Waals surface area contributed by atoms with Crippen molar-refractivity contribution in [3.05, 3.63) is 41.1 Å². The number of ether oxygens (including phenoxy) is 1. The molecule has 4 heteroatoms. The first-order valence-corrected chi connectivity index (χ1v) is 9.19. The van der Waals surface area contributed by atoms with Crippen LogP contribution in [0.4, 0.5) is 4.79 Å². The number of hydrogen-bond donors (Lipinski definition) is 2. The molecule has 0 bridgehead atoms. The smallest absolute Gasteiger partial charge is 0.407 e. The van der Waals surface area contributed by atoms with Crippen molar-refractivity contribution in [2.45, 2.75) is 58.5 Å². The number of amides is 1. The lowest BCUT2D eigenvalue weighted by Gasteiger charge is -2.19. The number of fused-ring (bicyclic) bond motifs is 3. The van der Waals surface area contributed by atoms with Crippen LogP contribution in [0.3, 0.4) is 0 Å². The zero-order chi connectivity index (χ0) is 17.9. The van der Waals surface area contributed by atoms with Crippen LogP contribution in [0.25, 0.3) is 17.0 Å². The molecular weight excluding hydrogens is 312 g/mol. The van der Waals surface area contributed by atoms with Crippen molar-refractivity contribution in [3.63, 3.8) is 0 Å². The van der Waals surface area contributed by atoms with Crippen LogP contribution in [0.1, 0.15) is 56.9 Å². The summed E-state index contributed by atoms with van der Waals surface area (Å²) < 4.78 is 5.22. The Hall–Kier alpha value is -2.23. The lowest BCUT2D eigenvalue weighted by molar-refractivity contribution is 0.0529. The molecule has 0 saturated carbocycles. The predicted octanol–water partition coefficient (Wildman–Crippen LogP) is 4.97. The Bertz CT molecular complexity index is 781. The van der Waals surface area contributed by atoms with Crippen molar-refractivity contribution < 1.29 is 9.53 Å². The molecule has 2 aromatic rings. The highest BCUT2D eigenvalue weighted by Gasteiger charge is 2.16.